The molecule has 0 amide bonds. The van der Waals surface area contributed by atoms with Gasteiger partial charge in [-0.05, 0) is 25.6 Å². The number of aromatic amines is 1. The van der Waals surface area contributed by atoms with Crippen molar-refractivity contribution in [1.29, 1.82) is 0 Å². The average molecular weight is 254 g/mol. The summed E-state index contributed by atoms with van der Waals surface area (Å²) in [5.41, 5.74) is 11.3. The van der Waals surface area contributed by atoms with Crippen LogP contribution in [0.1, 0.15) is 11.4 Å². The number of nitrogens with two attached hydrogens (primary N) is 1. The van der Waals surface area contributed by atoms with Gasteiger partial charge in [-0.2, -0.15) is 5.10 Å². The van der Waals surface area contributed by atoms with Gasteiger partial charge < -0.3 is 10.3 Å². The van der Waals surface area contributed by atoms with Crippen molar-refractivity contribution in [2.45, 2.75) is 13.3 Å². The predicted octanol–water partition coefficient (Wildman–Crippen LogP) is 2.38. The molecule has 0 unspecified atom stereocenters. The second-order valence-electron chi connectivity index (χ2n) is 4.85. The Hall–Kier alpha value is -2.07. The van der Waals surface area contributed by atoms with E-state index in [1.807, 2.05) is 0 Å². The maximum Gasteiger partial charge on any atom is 0.0947 e. The zero-order valence-electron chi connectivity index (χ0n) is 11.3. The van der Waals surface area contributed by atoms with E-state index in [-0.39, 0.29) is 0 Å². The second-order valence-corrected chi connectivity index (χ2v) is 4.85. The number of aryl methyl sites for hydroxylation is 1. The van der Waals surface area contributed by atoms with Crippen LogP contribution in [0.5, 0.6) is 0 Å². The fourth-order valence-corrected chi connectivity index (χ4v) is 2.62. The first-order chi connectivity index (χ1) is 9.22. The molecule has 0 aliphatic rings. The maximum absolute atomic E-state index is 5.58. The molecule has 1 aromatic carbocycles. The van der Waals surface area contributed by atoms with Crippen LogP contribution in [-0.4, -0.2) is 21.3 Å². The minimum Gasteiger partial charge on any atom is -0.347 e. The standard InChI is InChI=1S/C15H18N4/c1-10-15(13-9-11(7-8-16)17-18-13)12-5-3-4-6-14(12)19(10)2/h3-6,9H,7-8,16H2,1-2H3,(H,17,18). The Labute approximate surface area is 112 Å². The zero-order chi connectivity index (χ0) is 13.4. The number of H-pyrrole nitrogens is 1. The van der Waals surface area contributed by atoms with Crippen molar-refractivity contribution in [2.75, 3.05) is 6.54 Å². The highest BCUT2D eigenvalue weighted by Gasteiger charge is 2.15. The van der Waals surface area contributed by atoms with E-state index in [0.29, 0.717) is 6.54 Å². The molecule has 2 aromatic heterocycles. The number of hydrogen-bond acceptors (Lipinski definition) is 2. The third-order valence-corrected chi connectivity index (χ3v) is 3.70. The lowest BCUT2D eigenvalue weighted by Gasteiger charge is -1.98. The quantitative estimate of drug-likeness (QED) is 0.754. The van der Waals surface area contributed by atoms with E-state index >= 15 is 0 Å². The van der Waals surface area contributed by atoms with E-state index in [2.05, 4.69) is 59.1 Å². The smallest absolute Gasteiger partial charge is 0.0947 e. The Kier molecular flexibility index (Phi) is 2.87. The molecule has 0 fully saturated rings. The zero-order valence-corrected chi connectivity index (χ0v) is 11.3. The summed E-state index contributed by atoms with van der Waals surface area (Å²) >= 11 is 0. The first-order valence-corrected chi connectivity index (χ1v) is 6.51. The number of fused-ring (bicyclic) bond motifs is 1. The van der Waals surface area contributed by atoms with Crippen molar-refractivity contribution < 1.29 is 0 Å². The van der Waals surface area contributed by atoms with Gasteiger partial charge in [-0.1, -0.05) is 18.2 Å². The van der Waals surface area contributed by atoms with E-state index < -0.39 is 0 Å². The van der Waals surface area contributed by atoms with Gasteiger partial charge in [0.05, 0.1) is 5.69 Å². The maximum atomic E-state index is 5.58. The summed E-state index contributed by atoms with van der Waals surface area (Å²) < 4.78 is 2.21. The molecular weight excluding hydrogens is 236 g/mol. The van der Waals surface area contributed by atoms with E-state index in [4.69, 9.17) is 5.73 Å². The predicted molar refractivity (Wildman–Crippen MR) is 78.0 cm³/mol. The highest BCUT2D eigenvalue weighted by Crippen LogP contribution is 2.32. The summed E-state index contributed by atoms with van der Waals surface area (Å²) in [7, 11) is 2.09. The first kappa shape index (κ1) is 12.0. The van der Waals surface area contributed by atoms with Crippen molar-refractivity contribution in [1.82, 2.24) is 14.8 Å². The van der Waals surface area contributed by atoms with Crippen molar-refractivity contribution in [3.05, 3.63) is 41.7 Å². The molecule has 0 saturated carbocycles. The van der Waals surface area contributed by atoms with Gasteiger partial charge in [-0.25, -0.2) is 0 Å². The molecule has 0 aliphatic carbocycles. The molecule has 19 heavy (non-hydrogen) atoms. The summed E-state index contributed by atoms with van der Waals surface area (Å²) in [5.74, 6) is 0. The fraction of sp³-hybridized carbons (Fsp3) is 0.267. The normalized spacial score (nSPS) is 11.3. The molecule has 0 aliphatic heterocycles. The number of hydrogen-bond donors (Lipinski definition) is 2. The Morgan fingerprint density at radius 3 is 2.89 bits per heavy atom. The largest absolute Gasteiger partial charge is 0.347 e. The lowest BCUT2D eigenvalue weighted by molar-refractivity contribution is 0.900. The van der Waals surface area contributed by atoms with Crippen LogP contribution in [0.4, 0.5) is 0 Å². The minimum atomic E-state index is 0.635. The van der Waals surface area contributed by atoms with E-state index in [1.54, 1.807) is 0 Å². The topological polar surface area (TPSA) is 59.6 Å². The Morgan fingerprint density at radius 2 is 2.11 bits per heavy atom. The van der Waals surface area contributed by atoms with Gasteiger partial charge in [-0.3, -0.25) is 5.10 Å². The van der Waals surface area contributed by atoms with Crippen LogP contribution in [0.3, 0.4) is 0 Å². The van der Waals surface area contributed by atoms with Gasteiger partial charge in [-0.15, -0.1) is 0 Å². The third-order valence-electron chi connectivity index (χ3n) is 3.70. The molecule has 0 spiro atoms. The average Bonchev–Trinajstić information content (AvgIpc) is 2.96. The van der Waals surface area contributed by atoms with Crippen LogP contribution in [0.25, 0.3) is 22.2 Å². The summed E-state index contributed by atoms with van der Waals surface area (Å²) in [4.78, 5) is 0. The van der Waals surface area contributed by atoms with E-state index in [0.717, 1.165) is 17.8 Å². The summed E-state index contributed by atoms with van der Waals surface area (Å²) in [6, 6.07) is 10.5. The van der Waals surface area contributed by atoms with Crippen LogP contribution >= 0.6 is 0 Å². The number of benzene rings is 1. The summed E-state index contributed by atoms with van der Waals surface area (Å²) in [5, 5.41) is 8.75. The molecule has 2 heterocycles. The molecule has 0 saturated heterocycles. The van der Waals surface area contributed by atoms with Crippen LogP contribution in [-0.2, 0) is 13.5 Å². The van der Waals surface area contributed by atoms with Crippen molar-refractivity contribution >= 4 is 10.9 Å². The highest BCUT2D eigenvalue weighted by atomic mass is 15.1. The van der Waals surface area contributed by atoms with Gasteiger partial charge in [0, 0.05) is 41.3 Å². The van der Waals surface area contributed by atoms with Gasteiger partial charge in [0.2, 0.25) is 0 Å². The summed E-state index contributed by atoms with van der Waals surface area (Å²) in [6.07, 6.45) is 0.830. The van der Waals surface area contributed by atoms with Crippen LogP contribution in [0.2, 0.25) is 0 Å². The Balaban J connectivity index is 2.21. The highest BCUT2D eigenvalue weighted by molar-refractivity contribution is 5.97. The number of aromatic nitrogens is 3. The number of para-hydroxylation sites is 1. The van der Waals surface area contributed by atoms with Crippen LogP contribution in [0, 0.1) is 6.92 Å². The number of rotatable bonds is 3. The first-order valence-electron chi connectivity index (χ1n) is 6.51. The molecule has 0 atom stereocenters. The number of nitrogens with one attached hydrogen (secondary N) is 1. The van der Waals surface area contributed by atoms with Gasteiger partial charge in [0.25, 0.3) is 0 Å². The molecule has 3 rings (SSSR count). The Morgan fingerprint density at radius 1 is 1.32 bits per heavy atom. The van der Waals surface area contributed by atoms with Crippen molar-refractivity contribution in [3.8, 4) is 11.3 Å². The molecule has 4 heteroatoms. The van der Waals surface area contributed by atoms with Crippen LogP contribution < -0.4 is 5.73 Å². The molecular formula is C15H18N4. The van der Waals surface area contributed by atoms with Crippen LogP contribution in [0.15, 0.2) is 30.3 Å². The SMILES string of the molecule is Cc1c(-c2cc(CCN)[nH]n2)c2ccccc2n1C. The minimum absolute atomic E-state index is 0.635. The fourth-order valence-electron chi connectivity index (χ4n) is 2.62. The van der Waals surface area contributed by atoms with E-state index in [9.17, 15) is 0 Å². The second kappa shape index (κ2) is 4.55. The lowest BCUT2D eigenvalue weighted by atomic mass is 10.1. The molecule has 0 bridgehead atoms. The number of nitrogens with zero attached hydrogens (tertiary/aromatic N) is 2. The molecule has 0 radical (unpaired) electrons. The van der Waals surface area contributed by atoms with Gasteiger partial charge in [0.15, 0.2) is 0 Å². The lowest BCUT2D eigenvalue weighted by Crippen LogP contribution is -2.02. The van der Waals surface area contributed by atoms with Gasteiger partial charge in [0.1, 0.15) is 0 Å². The molecule has 3 aromatic rings. The molecule has 4 nitrogen and oxygen atoms in total. The Bertz CT molecular complexity index is 721. The molecule has 3 N–H and O–H groups in total. The summed E-state index contributed by atoms with van der Waals surface area (Å²) in [6.45, 7) is 2.77. The van der Waals surface area contributed by atoms with Gasteiger partial charge >= 0.3 is 0 Å². The van der Waals surface area contributed by atoms with Crippen molar-refractivity contribution in [3.63, 3.8) is 0 Å². The monoisotopic (exact) mass is 254 g/mol. The van der Waals surface area contributed by atoms with E-state index in [1.165, 1.54) is 22.2 Å². The third kappa shape index (κ3) is 1.85. The molecule has 98 valence electrons. The van der Waals surface area contributed by atoms with Crippen molar-refractivity contribution in [2.24, 2.45) is 12.8 Å².